The van der Waals surface area contributed by atoms with Crippen molar-refractivity contribution in [1.82, 2.24) is 29.5 Å². The highest BCUT2D eigenvalue weighted by molar-refractivity contribution is 7.98. The molecule has 4 heterocycles. The summed E-state index contributed by atoms with van der Waals surface area (Å²) in [6, 6.07) is 6.13. The van der Waals surface area contributed by atoms with Crippen LogP contribution in [0.5, 0.6) is 11.5 Å². The van der Waals surface area contributed by atoms with Gasteiger partial charge in [0.15, 0.2) is 16.7 Å². The van der Waals surface area contributed by atoms with Gasteiger partial charge in [0.25, 0.3) is 0 Å². The molecule has 1 aromatic carbocycles. The normalized spacial score (nSPS) is 21.5. The number of piperazine rings is 1. The highest BCUT2D eigenvalue weighted by Crippen LogP contribution is 2.33. The van der Waals surface area contributed by atoms with E-state index >= 15 is 0 Å². The largest absolute Gasteiger partial charge is 0.454 e. The van der Waals surface area contributed by atoms with E-state index in [0.717, 1.165) is 81.1 Å². The number of likely N-dealkylation sites (tertiary alicyclic amines) is 1. The van der Waals surface area contributed by atoms with Gasteiger partial charge in [-0.15, -0.1) is 10.2 Å². The van der Waals surface area contributed by atoms with Crippen LogP contribution in [0, 0.1) is 0 Å². The highest BCUT2D eigenvalue weighted by atomic mass is 32.2. The molecule has 0 N–H and O–H groups in total. The monoisotopic (exact) mass is 472 g/mol. The summed E-state index contributed by atoms with van der Waals surface area (Å²) in [5.41, 5.74) is 1.21. The van der Waals surface area contributed by atoms with Crippen LogP contribution in [-0.4, -0.2) is 94.2 Å². The van der Waals surface area contributed by atoms with Crippen LogP contribution in [0.25, 0.3) is 0 Å². The summed E-state index contributed by atoms with van der Waals surface area (Å²) in [5.74, 6) is 3.25. The molecule has 0 spiro atoms. The molecular formula is C23H32N6O3S. The van der Waals surface area contributed by atoms with E-state index in [1.165, 1.54) is 5.56 Å². The zero-order chi connectivity index (χ0) is 22.8. The molecule has 2 fully saturated rings. The molecule has 2 aromatic rings. The quantitative estimate of drug-likeness (QED) is 0.589. The summed E-state index contributed by atoms with van der Waals surface area (Å²) in [4.78, 5) is 19.7. The second kappa shape index (κ2) is 9.90. The zero-order valence-electron chi connectivity index (χ0n) is 19.4. The first-order chi connectivity index (χ1) is 16.1. The van der Waals surface area contributed by atoms with Crippen LogP contribution in [0.4, 0.5) is 0 Å². The Kier molecular flexibility index (Phi) is 6.75. The lowest BCUT2D eigenvalue weighted by atomic mass is 9.97. The molecule has 2 saturated heterocycles. The minimum absolute atomic E-state index is 0.237. The van der Waals surface area contributed by atoms with Crippen molar-refractivity contribution in [3.63, 3.8) is 0 Å². The fourth-order valence-corrected chi connectivity index (χ4v) is 5.50. The number of benzene rings is 1. The maximum Gasteiger partial charge on any atom is 0.236 e. The molecule has 1 atom stereocenters. The topological polar surface area (TPSA) is 76.0 Å². The van der Waals surface area contributed by atoms with Crippen LogP contribution in [0.15, 0.2) is 23.4 Å². The first-order valence-electron chi connectivity index (χ1n) is 11.6. The molecule has 0 bridgehead atoms. The van der Waals surface area contributed by atoms with Crippen molar-refractivity contribution in [2.24, 2.45) is 7.05 Å². The predicted octanol–water partition coefficient (Wildman–Crippen LogP) is 1.79. The summed E-state index contributed by atoms with van der Waals surface area (Å²) in [7, 11) is 2.04. The molecule has 0 radical (unpaired) electrons. The Morgan fingerprint density at radius 1 is 1.09 bits per heavy atom. The second-order valence-corrected chi connectivity index (χ2v) is 9.80. The van der Waals surface area contributed by atoms with E-state index in [0.29, 0.717) is 19.3 Å². The van der Waals surface area contributed by atoms with Gasteiger partial charge < -0.3 is 18.9 Å². The third-order valence-electron chi connectivity index (χ3n) is 6.85. The molecule has 5 rings (SSSR count). The Morgan fingerprint density at radius 2 is 1.91 bits per heavy atom. The summed E-state index contributed by atoms with van der Waals surface area (Å²) in [5, 5.41) is 9.65. The van der Waals surface area contributed by atoms with Gasteiger partial charge in [-0.25, -0.2) is 0 Å². The number of carbonyl (C=O) groups excluding carboxylic acids is 1. The summed E-state index contributed by atoms with van der Waals surface area (Å²) >= 11 is 1.62. The predicted molar refractivity (Wildman–Crippen MR) is 126 cm³/mol. The second-order valence-electron chi connectivity index (χ2n) is 9.02. The number of hydrogen-bond donors (Lipinski definition) is 0. The van der Waals surface area contributed by atoms with Gasteiger partial charge in [0.2, 0.25) is 12.7 Å². The molecule has 1 amide bonds. The molecule has 1 unspecified atom stereocenters. The molecule has 9 nitrogen and oxygen atoms in total. The number of carbonyl (C=O) groups is 1. The Balaban J connectivity index is 1.10. The fraction of sp³-hybridized carbons (Fsp3) is 0.609. The maximum absolute atomic E-state index is 13.0. The van der Waals surface area contributed by atoms with Crippen LogP contribution < -0.4 is 9.47 Å². The molecule has 178 valence electrons. The summed E-state index contributed by atoms with van der Waals surface area (Å²) < 4.78 is 13.0. The molecule has 33 heavy (non-hydrogen) atoms. The number of rotatable bonds is 6. The number of nitrogens with zero attached hydrogens (tertiary/aromatic N) is 6. The van der Waals surface area contributed by atoms with E-state index in [1.807, 2.05) is 24.3 Å². The number of hydrogen-bond acceptors (Lipinski definition) is 8. The lowest BCUT2D eigenvalue weighted by Gasteiger charge is -2.37. The van der Waals surface area contributed by atoms with Gasteiger partial charge in [0, 0.05) is 52.2 Å². The van der Waals surface area contributed by atoms with Gasteiger partial charge in [0.1, 0.15) is 5.82 Å². The first kappa shape index (κ1) is 22.5. The van der Waals surface area contributed by atoms with Crippen molar-refractivity contribution in [2.75, 3.05) is 58.9 Å². The molecule has 3 aliphatic rings. The van der Waals surface area contributed by atoms with Crippen molar-refractivity contribution < 1.29 is 14.3 Å². The number of thioether (sulfide) groups is 1. The van der Waals surface area contributed by atoms with Gasteiger partial charge >= 0.3 is 0 Å². The Labute approximate surface area is 199 Å². The van der Waals surface area contributed by atoms with E-state index in [4.69, 9.17) is 9.47 Å². The van der Waals surface area contributed by atoms with E-state index in [-0.39, 0.29) is 5.91 Å². The van der Waals surface area contributed by atoms with E-state index < -0.39 is 0 Å². The minimum atomic E-state index is 0.237. The third kappa shape index (κ3) is 4.97. The molecule has 0 aliphatic carbocycles. The SMILES string of the molecule is CSc1nnc(C2CCCN(CC(=O)N3CCN(Cc4ccc5c(c4)OCO5)CC3)C2)n1C. The minimum Gasteiger partial charge on any atom is -0.454 e. The summed E-state index contributed by atoms with van der Waals surface area (Å²) in [6.07, 6.45) is 4.21. The van der Waals surface area contributed by atoms with Crippen LogP contribution in [-0.2, 0) is 18.4 Å². The standard InChI is InChI=1S/C23H32N6O3S/c1-26-22(24-25-23(26)33-2)18-4-3-7-28(14-18)15-21(30)29-10-8-27(9-11-29)13-17-5-6-19-20(12-17)32-16-31-19/h5-6,12,18H,3-4,7-11,13-16H2,1-2H3. The van der Waals surface area contributed by atoms with Crippen molar-refractivity contribution >= 4 is 17.7 Å². The lowest BCUT2D eigenvalue weighted by molar-refractivity contribution is -0.134. The third-order valence-corrected chi connectivity index (χ3v) is 7.57. The number of ether oxygens (including phenoxy) is 2. The van der Waals surface area contributed by atoms with E-state index in [9.17, 15) is 4.79 Å². The molecule has 10 heteroatoms. The number of piperidine rings is 1. The average molecular weight is 473 g/mol. The van der Waals surface area contributed by atoms with Crippen molar-refractivity contribution in [3.05, 3.63) is 29.6 Å². The molecule has 1 aromatic heterocycles. The summed E-state index contributed by atoms with van der Waals surface area (Å²) in [6.45, 7) is 6.83. The average Bonchev–Trinajstić information content (AvgIpc) is 3.45. The molecular weight excluding hydrogens is 440 g/mol. The van der Waals surface area contributed by atoms with Crippen LogP contribution in [0.1, 0.15) is 30.1 Å². The number of aromatic nitrogens is 3. The molecule has 0 saturated carbocycles. The van der Waals surface area contributed by atoms with Gasteiger partial charge in [-0.05, 0) is 43.3 Å². The zero-order valence-corrected chi connectivity index (χ0v) is 20.2. The van der Waals surface area contributed by atoms with Crippen molar-refractivity contribution in [2.45, 2.75) is 30.5 Å². The Hall–Kier alpha value is -2.30. The lowest BCUT2D eigenvalue weighted by Crippen LogP contribution is -2.51. The highest BCUT2D eigenvalue weighted by Gasteiger charge is 2.29. The van der Waals surface area contributed by atoms with Crippen LogP contribution in [0.2, 0.25) is 0 Å². The fourth-order valence-electron chi connectivity index (χ4n) is 5.01. The van der Waals surface area contributed by atoms with Crippen LogP contribution >= 0.6 is 11.8 Å². The van der Waals surface area contributed by atoms with Gasteiger partial charge in [0.05, 0.1) is 6.54 Å². The van der Waals surface area contributed by atoms with Gasteiger partial charge in [-0.3, -0.25) is 14.6 Å². The number of amides is 1. The Bertz CT molecular complexity index is 991. The van der Waals surface area contributed by atoms with E-state index in [1.54, 1.807) is 11.8 Å². The van der Waals surface area contributed by atoms with Gasteiger partial charge in [-0.1, -0.05) is 17.8 Å². The van der Waals surface area contributed by atoms with Gasteiger partial charge in [-0.2, -0.15) is 0 Å². The van der Waals surface area contributed by atoms with Crippen LogP contribution in [0.3, 0.4) is 0 Å². The maximum atomic E-state index is 13.0. The smallest absolute Gasteiger partial charge is 0.236 e. The Morgan fingerprint density at radius 3 is 2.70 bits per heavy atom. The van der Waals surface area contributed by atoms with Crippen molar-refractivity contribution in [1.29, 1.82) is 0 Å². The molecule has 3 aliphatic heterocycles. The van der Waals surface area contributed by atoms with E-state index in [2.05, 4.69) is 36.7 Å². The van der Waals surface area contributed by atoms with Crippen molar-refractivity contribution in [3.8, 4) is 11.5 Å². The number of fused-ring (bicyclic) bond motifs is 1. The first-order valence-corrected chi connectivity index (χ1v) is 12.9.